The Hall–Kier alpha value is -0.800. The molecule has 1 aromatic heterocycles. The van der Waals surface area contributed by atoms with Crippen LogP contribution < -0.4 is 5.32 Å². The maximum Gasteiger partial charge on any atom is 0.118 e. The van der Waals surface area contributed by atoms with Crippen molar-refractivity contribution in [2.45, 2.75) is 59.7 Å². The first-order valence-electron chi connectivity index (χ1n) is 7.76. The lowest BCUT2D eigenvalue weighted by Gasteiger charge is -2.20. The third kappa shape index (κ3) is 4.64. The Morgan fingerprint density at radius 3 is 2.60 bits per heavy atom. The zero-order valence-electron chi connectivity index (χ0n) is 13.9. The average Bonchev–Trinajstić information content (AvgIpc) is 2.84. The highest BCUT2D eigenvalue weighted by molar-refractivity contribution is 5.21. The molecule has 20 heavy (non-hydrogen) atoms. The molecule has 1 aliphatic rings. The smallest absolute Gasteiger partial charge is 0.118 e. The van der Waals surface area contributed by atoms with Crippen molar-refractivity contribution in [3.8, 4) is 0 Å². The predicted octanol–water partition coefficient (Wildman–Crippen LogP) is 3.56. The van der Waals surface area contributed by atoms with E-state index in [2.05, 4.69) is 57.9 Å². The molecular weight excluding hydrogens is 248 g/mol. The Bertz CT molecular complexity index is 444. The van der Waals surface area contributed by atoms with E-state index in [1.165, 1.54) is 18.5 Å². The highest BCUT2D eigenvalue weighted by Gasteiger charge is 2.33. The fraction of sp³-hybridized carbons (Fsp3) is 0.765. The summed E-state index contributed by atoms with van der Waals surface area (Å²) in [5.41, 5.74) is 1.42. The van der Waals surface area contributed by atoms with Crippen molar-refractivity contribution in [1.82, 2.24) is 10.2 Å². The molecule has 2 unspecified atom stereocenters. The summed E-state index contributed by atoms with van der Waals surface area (Å²) in [7, 11) is 2.19. The minimum absolute atomic E-state index is 0.142. The molecule has 3 nitrogen and oxygen atoms in total. The number of hydrogen-bond acceptors (Lipinski definition) is 3. The summed E-state index contributed by atoms with van der Waals surface area (Å²) in [6.07, 6.45) is 1.39. The fourth-order valence-corrected chi connectivity index (χ4v) is 2.59. The molecule has 114 valence electrons. The van der Waals surface area contributed by atoms with E-state index in [-0.39, 0.29) is 5.54 Å². The minimum atomic E-state index is 0.142. The quantitative estimate of drug-likeness (QED) is 0.862. The number of aryl methyl sites for hydroxylation is 1. The molecule has 1 fully saturated rings. The largest absolute Gasteiger partial charge is 0.465 e. The Balaban J connectivity index is 1.86. The molecule has 0 spiro atoms. The summed E-state index contributed by atoms with van der Waals surface area (Å²) >= 11 is 0. The van der Waals surface area contributed by atoms with Gasteiger partial charge >= 0.3 is 0 Å². The van der Waals surface area contributed by atoms with Crippen molar-refractivity contribution in [3.05, 3.63) is 23.2 Å². The molecule has 2 atom stereocenters. The van der Waals surface area contributed by atoms with Crippen molar-refractivity contribution >= 4 is 0 Å². The maximum absolute atomic E-state index is 5.90. The van der Waals surface area contributed by atoms with Crippen LogP contribution in [-0.2, 0) is 13.1 Å². The van der Waals surface area contributed by atoms with Gasteiger partial charge in [0.15, 0.2) is 0 Å². The van der Waals surface area contributed by atoms with Gasteiger partial charge in [-0.05, 0) is 59.1 Å². The SMILES string of the molecule is Cc1oc(CN(C)CC2CC2C)cc1CNC(C)(C)C. The minimum Gasteiger partial charge on any atom is -0.465 e. The van der Waals surface area contributed by atoms with Crippen LogP contribution >= 0.6 is 0 Å². The molecule has 0 aliphatic heterocycles. The van der Waals surface area contributed by atoms with Gasteiger partial charge in [0.05, 0.1) is 6.54 Å². The highest BCUT2D eigenvalue weighted by Crippen LogP contribution is 2.38. The van der Waals surface area contributed by atoms with Crippen molar-refractivity contribution in [1.29, 1.82) is 0 Å². The summed E-state index contributed by atoms with van der Waals surface area (Å²) in [6.45, 7) is 14.0. The first-order valence-corrected chi connectivity index (χ1v) is 7.76. The Morgan fingerprint density at radius 1 is 1.40 bits per heavy atom. The van der Waals surface area contributed by atoms with Crippen molar-refractivity contribution in [2.24, 2.45) is 11.8 Å². The molecule has 1 aromatic rings. The number of nitrogens with zero attached hydrogens (tertiary/aromatic N) is 1. The van der Waals surface area contributed by atoms with E-state index in [4.69, 9.17) is 4.42 Å². The highest BCUT2D eigenvalue weighted by atomic mass is 16.3. The first-order chi connectivity index (χ1) is 9.24. The van der Waals surface area contributed by atoms with Gasteiger partial charge in [0, 0.05) is 24.2 Å². The van der Waals surface area contributed by atoms with Crippen LogP contribution in [0.3, 0.4) is 0 Å². The number of furan rings is 1. The van der Waals surface area contributed by atoms with E-state index in [1.54, 1.807) is 0 Å². The van der Waals surface area contributed by atoms with Gasteiger partial charge in [-0.3, -0.25) is 4.90 Å². The summed E-state index contributed by atoms with van der Waals surface area (Å²) in [5.74, 6) is 3.95. The van der Waals surface area contributed by atoms with Crippen molar-refractivity contribution < 1.29 is 4.42 Å². The van der Waals surface area contributed by atoms with E-state index in [1.807, 2.05) is 0 Å². The zero-order valence-corrected chi connectivity index (χ0v) is 13.9. The summed E-state index contributed by atoms with van der Waals surface area (Å²) in [4.78, 5) is 2.38. The van der Waals surface area contributed by atoms with Gasteiger partial charge in [-0.2, -0.15) is 0 Å². The second-order valence-corrected chi connectivity index (χ2v) is 7.57. The molecule has 0 saturated heterocycles. The molecule has 1 saturated carbocycles. The fourth-order valence-electron chi connectivity index (χ4n) is 2.59. The topological polar surface area (TPSA) is 28.4 Å². The molecule has 2 rings (SSSR count). The van der Waals surface area contributed by atoms with Crippen LogP contribution in [0.15, 0.2) is 10.5 Å². The van der Waals surface area contributed by atoms with E-state index in [0.29, 0.717) is 0 Å². The average molecular weight is 278 g/mol. The summed E-state index contributed by atoms with van der Waals surface area (Å²) in [6, 6.07) is 2.21. The maximum atomic E-state index is 5.90. The Labute approximate surface area is 123 Å². The second kappa shape index (κ2) is 5.90. The monoisotopic (exact) mass is 278 g/mol. The second-order valence-electron chi connectivity index (χ2n) is 7.57. The standard InChI is InChI=1S/C17H30N2O/c1-12-7-15(12)10-19(6)11-16-8-14(13(2)20-16)9-18-17(3,4)5/h8,12,15,18H,7,9-11H2,1-6H3. The lowest BCUT2D eigenvalue weighted by molar-refractivity contribution is 0.278. The van der Waals surface area contributed by atoms with Crippen LogP contribution in [0.2, 0.25) is 0 Å². The Morgan fingerprint density at radius 2 is 2.05 bits per heavy atom. The van der Waals surface area contributed by atoms with Crippen LogP contribution in [0.5, 0.6) is 0 Å². The van der Waals surface area contributed by atoms with E-state index in [0.717, 1.165) is 36.4 Å². The van der Waals surface area contributed by atoms with Gasteiger partial charge in [-0.25, -0.2) is 0 Å². The molecule has 0 amide bonds. The normalized spacial score (nSPS) is 22.6. The van der Waals surface area contributed by atoms with E-state index in [9.17, 15) is 0 Å². The van der Waals surface area contributed by atoms with Gasteiger partial charge in [0.25, 0.3) is 0 Å². The zero-order chi connectivity index (χ0) is 14.9. The molecule has 0 radical (unpaired) electrons. The first kappa shape index (κ1) is 15.6. The lowest BCUT2D eigenvalue weighted by Crippen LogP contribution is -2.35. The van der Waals surface area contributed by atoms with Crippen LogP contribution in [0, 0.1) is 18.8 Å². The van der Waals surface area contributed by atoms with Gasteiger partial charge in [0.2, 0.25) is 0 Å². The molecule has 3 heteroatoms. The molecule has 0 bridgehead atoms. The molecule has 1 N–H and O–H groups in total. The number of hydrogen-bond donors (Lipinski definition) is 1. The Kier molecular flexibility index (Phi) is 4.60. The number of nitrogens with one attached hydrogen (secondary N) is 1. The van der Waals surface area contributed by atoms with Crippen LogP contribution in [0.25, 0.3) is 0 Å². The third-order valence-electron chi connectivity index (χ3n) is 4.13. The van der Waals surface area contributed by atoms with Gasteiger partial charge in [-0.15, -0.1) is 0 Å². The molecule has 1 aliphatic carbocycles. The van der Waals surface area contributed by atoms with Crippen molar-refractivity contribution in [2.75, 3.05) is 13.6 Å². The van der Waals surface area contributed by atoms with Gasteiger partial charge < -0.3 is 9.73 Å². The van der Waals surface area contributed by atoms with E-state index < -0.39 is 0 Å². The molecule has 0 aromatic carbocycles. The van der Waals surface area contributed by atoms with E-state index >= 15 is 0 Å². The summed E-state index contributed by atoms with van der Waals surface area (Å²) in [5, 5.41) is 3.52. The van der Waals surface area contributed by atoms with Crippen LogP contribution in [-0.4, -0.2) is 24.0 Å². The number of rotatable bonds is 6. The van der Waals surface area contributed by atoms with Crippen molar-refractivity contribution in [3.63, 3.8) is 0 Å². The lowest BCUT2D eigenvalue weighted by atomic mass is 10.1. The molecule has 1 heterocycles. The van der Waals surface area contributed by atoms with Gasteiger partial charge in [0.1, 0.15) is 11.5 Å². The summed E-state index contributed by atoms with van der Waals surface area (Å²) < 4.78 is 5.90. The molecular formula is C17H30N2O. The van der Waals surface area contributed by atoms with Crippen LogP contribution in [0.4, 0.5) is 0 Å². The van der Waals surface area contributed by atoms with Crippen LogP contribution in [0.1, 0.15) is 51.2 Å². The van der Waals surface area contributed by atoms with Gasteiger partial charge in [-0.1, -0.05) is 6.92 Å². The predicted molar refractivity (Wildman–Crippen MR) is 83.6 cm³/mol. The third-order valence-corrected chi connectivity index (χ3v) is 4.13.